The summed E-state index contributed by atoms with van der Waals surface area (Å²) in [5, 5.41) is 0. The molecule has 0 aromatic rings. The van der Waals surface area contributed by atoms with E-state index in [2.05, 4.69) is 13.8 Å². The van der Waals surface area contributed by atoms with Crippen LogP contribution in [0.15, 0.2) is 0 Å². The predicted octanol–water partition coefficient (Wildman–Crippen LogP) is 7.26. The molecule has 0 N–H and O–H groups in total. The molecule has 0 saturated heterocycles. The fourth-order valence-electron chi connectivity index (χ4n) is 2.85. The fraction of sp³-hybridized carbons (Fsp3) is 1.00. The minimum absolute atomic E-state index is 0.493. The van der Waals surface area contributed by atoms with Crippen LogP contribution in [-0.2, 0) is 9.47 Å². The molecule has 2 heteroatoms. The number of hydrogen-bond acceptors (Lipinski definition) is 2. The Bertz CT molecular complexity index is 174. The van der Waals surface area contributed by atoms with Gasteiger partial charge in [0.05, 0.1) is 0 Å². The highest BCUT2D eigenvalue weighted by molar-refractivity contribution is 4.46. The highest BCUT2D eigenvalue weighted by atomic mass is 16.7. The maximum absolute atomic E-state index is 5.53. The molecule has 0 aromatic heterocycles. The summed E-state index contributed by atoms with van der Waals surface area (Å²) in [6.07, 6.45) is 21.7. The zero-order valence-corrected chi connectivity index (χ0v) is 16.3. The van der Waals surface area contributed by atoms with E-state index in [9.17, 15) is 0 Å². The highest BCUT2D eigenvalue weighted by Crippen LogP contribution is 2.09. The van der Waals surface area contributed by atoms with Gasteiger partial charge in [0, 0.05) is 13.2 Å². The molecule has 0 amide bonds. The fourth-order valence-corrected chi connectivity index (χ4v) is 2.85. The summed E-state index contributed by atoms with van der Waals surface area (Å²) in [6, 6.07) is 0. The van der Waals surface area contributed by atoms with E-state index < -0.39 is 0 Å². The molecule has 0 bridgehead atoms. The molecule has 0 spiro atoms. The smallest absolute Gasteiger partial charge is 0.146 e. The van der Waals surface area contributed by atoms with Crippen molar-refractivity contribution >= 4 is 0 Å². The Hall–Kier alpha value is -0.0800. The van der Waals surface area contributed by atoms with Gasteiger partial charge in [0.1, 0.15) is 6.79 Å². The lowest BCUT2D eigenvalue weighted by Crippen LogP contribution is -2.03. The van der Waals surface area contributed by atoms with Crippen LogP contribution in [0.2, 0.25) is 0 Å². The third-order valence-corrected chi connectivity index (χ3v) is 4.45. The number of unbranched alkanes of at least 4 members (excludes halogenated alkanes) is 14. The molecule has 0 fully saturated rings. The van der Waals surface area contributed by atoms with Gasteiger partial charge in [-0.05, 0) is 12.8 Å². The van der Waals surface area contributed by atoms with Gasteiger partial charge in [-0.15, -0.1) is 0 Å². The standard InChI is InChI=1S/C21H44O2/c1-3-5-7-9-11-13-15-17-19-22-21-23-20-18-16-14-12-10-8-6-4-2/h3-21H2,1-2H3. The molecule has 2 nitrogen and oxygen atoms in total. The Labute approximate surface area is 146 Å². The summed E-state index contributed by atoms with van der Waals surface area (Å²) in [5.74, 6) is 0. The topological polar surface area (TPSA) is 18.5 Å². The van der Waals surface area contributed by atoms with Crippen molar-refractivity contribution in [1.82, 2.24) is 0 Å². The van der Waals surface area contributed by atoms with Crippen LogP contribution < -0.4 is 0 Å². The van der Waals surface area contributed by atoms with Crippen LogP contribution in [0.5, 0.6) is 0 Å². The third-order valence-electron chi connectivity index (χ3n) is 4.45. The largest absolute Gasteiger partial charge is 0.355 e. The maximum Gasteiger partial charge on any atom is 0.146 e. The first-order valence-corrected chi connectivity index (χ1v) is 10.6. The molecular formula is C21H44O2. The summed E-state index contributed by atoms with van der Waals surface area (Å²) in [7, 11) is 0. The lowest BCUT2D eigenvalue weighted by Gasteiger charge is -2.06. The van der Waals surface area contributed by atoms with Crippen molar-refractivity contribution in [1.29, 1.82) is 0 Å². The zero-order chi connectivity index (χ0) is 16.8. The summed E-state index contributed by atoms with van der Waals surface area (Å²) in [6.45, 7) is 6.77. The van der Waals surface area contributed by atoms with Crippen molar-refractivity contribution in [2.75, 3.05) is 20.0 Å². The summed E-state index contributed by atoms with van der Waals surface area (Å²) < 4.78 is 11.1. The zero-order valence-electron chi connectivity index (χ0n) is 16.3. The third kappa shape index (κ3) is 21.9. The van der Waals surface area contributed by atoms with E-state index in [1.165, 1.54) is 103 Å². The van der Waals surface area contributed by atoms with Crippen molar-refractivity contribution < 1.29 is 9.47 Å². The molecule has 0 aliphatic carbocycles. The first-order valence-electron chi connectivity index (χ1n) is 10.6. The molecule has 0 saturated carbocycles. The molecule has 0 heterocycles. The molecule has 0 unspecified atom stereocenters. The first kappa shape index (κ1) is 22.9. The van der Waals surface area contributed by atoms with Crippen molar-refractivity contribution in [3.63, 3.8) is 0 Å². The van der Waals surface area contributed by atoms with Crippen LogP contribution in [0, 0.1) is 0 Å². The van der Waals surface area contributed by atoms with E-state index >= 15 is 0 Å². The van der Waals surface area contributed by atoms with Gasteiger partial charge in [-0.1, -0.05) is 104 Å². The molecule has 0 rings (SSSR count). The summed E-state index contributed by atoms with van der Waals surface area (Å²) in [4.78, 5) is 0. The van der Waals surface area contributed by atoms with Crippen molar-refractivity contribution in [3.8, 4) is 0 Å². The van der Waals surface area contributed by atoms with Gasteiger partial charge < -0.3 is 9.47 Å². The van der Waals surface area contributed by atoms with Crippen LogP contribution in [0.4, 0.5) is 0 Å². The summed E-state index contributed by atoms with van der Waals surface area (Å²) in [5.41, 5.74) is 0. The van der Waals surface area contributed by atoms with Gasteiger partial charge in [-0.2, -0.15) is 0 Å². The van der Waals surface area contributed by atoms with E-state index in [0.29, 0.717) is 6.79 Å². The highest BCUT2D eigenvalue weighted by Gasteiger charge is 1.94. The molecule has 140 valence electrons. The average molecular weight is 329 g/mol. The Morgan fingerprint density at radius 3 is 1.04 bits per heavy atom. The first-order chi connectivity index (χ1) is 11.4. The second kappa shape index (κ2) is 21.9. The Kier molecular flexibility index (Phi) is 21.8. The monoisotopic (exact) mass is 328 g/mol. The quantitative estimate of drug-likeness (QED) is 0.173. The number of rotatable bonds is 20. The molecular weight excluding hydrogens is 284 g/mol. The Morgan fingerprint density at radius 1 is 0.391 bits per heavy atom. The number of hydrogen-bond donors (Lipinski definition) is 0. The molecule has 0 aliphatic rings. The molecule has 23 heavy (non-hydrogen) atoms. The van der Waals surface area contributed by atoms with E-state index in [1.54, 1.807) is 0 Å². The van der Waals surface area contributed by atoms with Crippen LogP contribution in [0.3, 0.4) is 0 Å². The van der Waals surface area contributed by atoms with Gasteiger partial charge in [-0.25, -0.2) is 0 Å². The molecule has 0 radical (unpaired) electrons. The van der Waals surface area contributed by atoms with Gasteiger partial charge in [0.25, 0.3) is 0 Å². The van der Waals surface area contributed by atoms with Crippen LogP contribution in [0.25, 0.3) is 0 Å². The van der Waals surface area contributed by atoms with E-state index in [4.69, 9.17) is 9.47 Å². The lowest BCUT2D eigenvalue weighted by molar-refractivity contribution is -0.0556. The van der Waals surface area contributed by atoms with Crippen molar-refractivity contribution in [2.24, 2.45) is 0 Å². The van der Waals surface area contributed by atoms with Gasteiger partial charge in [0.15, 0.2) is 0 Å². The maximum atomic E-state index is 5.53. The lowest BCUT2D eigenvalue weighted by atomic mass is 10.1. The SMILES string of the molecule is CCCCCCCCCCOCOCCCCCCCCCC. The van der Waals surface area contributed by atoms with E-state index in [1.807, 2.05) is 0 Å². The number of ether oxygens (including phenoxy) is 2. The van der Waals surface area contributed by atoms with Crippen molar-refractivity contribution in [2.45, 2.75) is 117 Å². The summed E-state index contributed by atoms with van der Waals surface area (Å²) >= 11 is 0. The molecule has 0 aromatic carbocycles. The Morgan fingerprint density at radius 2 is 0.696 bits per heavy atom. The second-order valence-electron chi connectivity index (χ2n) is 6.88. The average Bonchev–Trinajstić information content (AvgIpc) is 2.57. The van der Waals surface area contributed by atoms with E-state index in [0.717, 1.165) is 13.2 Å². The van der Waals surface area contributed by atoms with Gasteiger partial charge in [-0.3, -0.25) is 0 Å². The van der Waals surface area contributed by atoms with Crippen LogP contribution in [-0.4, -0.2) is 20.0 Å². The van der Waals surface area contributed by atoms with Crippen LogP contribution in [0.1, 0.15) is 117 Å². The van der Waals surface area contributed by atoms with Crippen LogP contribution >= 0.6 is 0 Å². The molecule has 0 aliphatic heterocycles. The van der Waals surface area contributed by atoms with E-state index in [-0.39, 0.29) is 0 Å². The Balaban J connectivity index is 2.92. The van der Waals surface area contributed by atoms with Crippen molar-refractivity contribution in [3.05, 3.63) is 0 Å². The predicted molar refractivity (Wildman–Crippen MR) is 102 cm³/mol. The second-order valence-corrected chi connectivity index (χ2v) is 6.88. The van der Waals surface area contributed by atoms with Gasteiger partial charge in [0.2, 0.25) is 0 Å². The molecule has 0 atom stereocenters. The normalized spacial score (nSPS) is 11.2. The van der Waals surface area contributed by atoms with Gasteiger partial charge >= 0.3 is 0 Å². The minimum Gasteiger partial charge on any atom is -0.355 e. The minimum atomic E-state index is 0.493.